The van der Waals surface area contributed by atoms with Crippen LogP contribution in [-0.2, 0) is 21.3 Å². The van der Waals surface area contributed by atoms with Gasteiger partial charge in [-0.15, -0.1) is 0 Å². The summed E-state index contributed by atoms with van der Waals surface area (Å²) in [6.07, 6.45) is 18.1. The molecule has 1 aromatic rings. The van der Waals surface area contributed by atoms with E-state index in [0.717, 1.165) is 26.1 Å². The molecule has 0 heterocycles. The van der Waals surface area contributed by atoms with Crippen molar-refractivity contribution in [2.24, 2.45) is 0 Å². The van der Waals surface area contributed by atoms with Crippen molar-refractivity contribution in [1.29, 1.82) is 0 Å². The first kappa shape index (κ1) is 34.3. The normalized spacial score (nSPS) is 10.9. The number of rotatable bonds is 18. The second kappa shape index (κ2) is 24.2. The molecule has 0 fully saturated rings. The Labute approximate surface area is 221 Å². The standard InChI is InChI=1S/C18H30O3S.C8H18O.Na/c1-2-3-4-5-6-7-8-9-10-11-14-17-15-12-13-16-18(17)22(19,20)21;1-3-5-7-9-8-6-4-2;/h12-13,15-16H,2-11,14H2,1H3,(H,19,20,21);3-8H2,1-2H3;/q;;+1/p-1. The van der Waals surface area contributed by atoms with E-state index in [2.05, 4.69) is 20.8 Å². The van der Waals surface area contributed by atoms with Gasteiger partial charge in [0, 0.05) is 13.2 Å². The summed E-state index contributed by atoms with van der Waals surface area (Å²) in [7, 11) is -4.35. The van der Waals surface area contributed by atoms with Gasteiger partial charge in [-0.3, -0.25) is 0 Å². The molecule has 1 aromatic carbocycles. The zero-order valence-electron chi connectivity index (χ0n) is 21.4. The first-order chi connectivity index (χ1) is 15.0. The Hall–Kier alpha value is 0.0900. The van der Waals surface area contributed by atoms with Crippen molar-refractivity contribution in [3.8, 4) is 0 Å². The maximum Gasteiger partial charge on any atom is 1.00 e. The smallest absolute Gasteiger partial charge is 0.744 e. The minimum absolute atomic E-state index is 0. The quantitative estimate of drug-likeness (QED) is 0.175. The molecule has 0 atom stereocenters. The van der Waals surface area contributed by atoms with Gasteiger partial charge in [-0.2, -0.15) is 0 Å². The van der Waals surface area contributed by atoms with Crippen LogP contribution in [0.15, 0.2) is 29.2 Å². The van der Waals surface area contributed by atoms with E-state index in [1.54, 1.807) is 18.2 Å². The van der Waals surface area contributed by atoms with Gasteiger partial charge in [0.2, 0.25) is 0 Å². The predicted octanol–water partition coefficient (Wildman–Crippen LogP) is 4.66. The Morgan fingerprint density at radius 2 is 1.12 bits per heavy atom. The third-order valence-corrected chi connectivity index (χ3v) is 6.26. The van der Waals surface area contributed by atoms with Crippen LogP contribution in [0.3, 0.4) is 0 Å². The van der Waals surface area contributed by atoms with Crippen LogP contribution in [0.25, 0.3) is 0 Å². The fraction of sp³-hybridized carbons (Fsp3) is 0.769. The van der Waals surface area contributed by atoms with Crippen LogP contribution in [-0.4, -0.2) is 26.2 Å². The van der Waals surface area contributed by atoms with Crippen molar-refractivity contribution in [1.82, 2.24) is 0 Å². The molecule has 0 unspecified atom stereocenters. The number of unbranched alkanes of at least 4 members (excludes halogenated alkanes) is 11. The minimum atomic E-state index is -4.35. The molecule has 1 rings (SSSR count). The van der Waals surface area contributed by atoms with Gasteiger partial charge in [0.15, 0.2) is 0 Å². The maximum atomic E-state index is 11.2. The van der Waals surface area contributed by atoms with E-state index in [0.29, 0.717) is 12.0 Å². The molecule has 0 saturated carbocycles. The first-order valence-corrected chi connectivity index (χ1v) is 14.0. The van der Waals surface area contributed by atoms with Crippen LogP contribution in [0.5, 0.6) is 0 Å². The number of hydrogen-bond acceptors (Lipinski definition) is 4. The largest absolute Gasteiger partial charge is 1.00 e. The summed E-state index contributed by atoms with van der Waals surface area (Å²) in [5, 5.41) is 0. The predicted molar refractivity (Wildman–Crippen MR) is 131 cm³/mol. The molecule has 0 aromatic heterocycles. The van der Waals surface area contributed by atoms with Gasteiger partial charge in [0.1, 0.15) is 10.1 Å². The summed E-state index contributed by atoms with van der Waals surface area (Å²) in [5.41, 5.74) is 0.664. The van der Waals surface area contributed by atoms with Gasteiger partial charge in [0.05, 0.1) is 4.90 Å². The molecule has 0 amide bonds. The van der Waals surface area contributed by atoms with E-state index in [-0.39, 0.29) is 34.5 Å². The van der Waals surface area contributed by atoms with Crippen molar-refractivity contribution in [3.63, 3.8) is 0 Å². The van der Waals surface area contributed by atoms with Crippen LogP contribution in [0.2, 0.25) is 0 Å². The van der Waals surface area contributed by atoms with E-state index in [1.165, 1.54) is 83.1 Å². The first-order valence-electron chi connectivity index (χ1n) is 12.6. The molecule has 0 aliphatic rings. The van der Waals surface area contributed by atoms with Crippen LogP contribution >= 0.6 is 0 Å². The third-order valence-electron chi connectivity index (χ3n) is 5.33. The summed E-state index contributed by atoms with van der Waals surface area (Å²) >= 11 is 0. The average molecular weight is 479 g/mol. The van der Waals surface area contributed by atoms with Gasteiger partial charge in [-0.25, -0.2) is 8.42 Å². The molecule has 0 N–H and O–H groups in total. The van der Waals surface area contributed by atoms with E-state index in [9.17, 15) is 13.0 Å². The van der Waals surface area contributed by atoms with Crippen LogP contribution in [0, 0.1) is 0 Å². The SMILES string of the molecule is CCCCCCCCCCCCc1ccccc1S(=O)(=O)[O-].CCCCOCCCC.[Na+]. The summed E-state index contributed by atoms with van der Waals surface area (Å²) in [5.74, 6) is 0. The van der Waals surface area contributed by atoms with Crippen LogP contribution in [0.1, 0.15) is 116 Å². The Bertz CT molecular complexity index is 614. The van der Waals surface area contributed by atoms with Gasteiger partial charge in [0.25, 0.3) is 0 Å². The monoisotopic (exact) mass is 478 g/mol. The van der Waals surface area contributed by atoms with Crippen molar-refractivity contribution >= 4 is 10.1 Å². The molecule has 0 spiro atoms. The molecule has 0 aliphatic heterocycles. The van der Waals surface area contributed by atoms with Crippen molar-refractivity contribution in [2.45, 2.75) is 122 Å². The van der Waals surface area contributed by atoms with Gasteiger partial charge < -0.3 is 9.29 Å². The number of ether oxygens (including phenoxy) is 1. The molecule has 0 bridgehead atoms. The third kappa shape index (κ3) is 20.7. The Kier molecular flexibility index (Phi) is 25.9. The molecular weight excluding hydrogens is 431 g/mol. The minimum Gasteiger partial charge on any atom is -0.744 e. The Morgan fingerprint density at radius 3 is 1.59 bits per heavy atom. The summed E-state index contributed by atoms with van der Waals surface area (Å²) in [4.78, 5) is -0.0501. The fourth-order valence-electron chi connectivity index (χ4n) is 3.35. The zero-order chi connectivity index (χ0) is 23.2. The molecule has 32 heavy (non-hydrogen) atoms. The van der Waals surface area contributed by atoms with E-state index < -0.39 is 10.1 Å². The number of benzene rings is 1. The molecule has 0 saturated heterocycles. The second-order valence-electron chi connectivity index (χ2n) is 8.31. The van der Waals surface area contributed by atoms with E-state index in [1.807, 2.05) is 0 Å². The Morgan fingerprint density at radius 1 is 0.688 bits per heavy atom. The summed E-state index contributed by atoms with van der Waals surface area (Å²) in [6.45, 7) is 8.51. The van der Waals surface area contributed by atoms with Gasteiger partial charge in [-0.05, 0) is 37.3 Å². The molecule has 0 radical (unpaired) electrons. The molecule has 6 heteroatoms. The fourth-order valence-corrected chi connectivity index (χ4v) is 4.09. The maximum absolute atomic E-state index is 11.2. The second-order valence-corrected chi connectivity index (χ2v) is 9.66. The van der Waals surface area contributed by atoms with E-state index >= 15 is 0 Å². The Balaban J connectivity index is 0. The number of aryl methyl sites for hydroxylation is 1. The topological polar surface area (TPSA) is 66.4 Å². The zero-order valence-corrected chi connectivity index (χ0v) is 24.2. The van der Waals surface area contributed by atoms with Crippen LogP contribution in [0.4, 0.5) is 0 Å². The molecule has 182 valence electrons. The summed E-state index contributed by atoms with van der Waals surface area (Å²) in [6, 6.07) is 6.56. The van der Waals surface area contributed by atoms with Gasteiger partial charge >= 0.3 is 29.6 Å². The average Bonchev–Trinajstić information content (AvgIpc) is 2.75. The van der Waals surface area contributed by atoms with Crippen molar-refractivity contribution < 1.29 is 47.3 Å². The number of hydrogen-bond donors (Lipinski definition) is 0. The van der Waals surface area contributed by atoms with Gasteiger partial charge in [-0.1, -0.05) is 110 Å². The molecular formula is C26H47NaO4S. The van der Waals surface area contributed by atoms with Crippen molar-refractivity contribution in [3.05, 3.63) is 29.8 Å². The van der Waals surface area contributed by atoms with E-state index in [4.69, 9.17) is 4.74 Å². The van der Waals surface area contributed by atoms with Crippen molar-refractivity contribution in [2.75, 3.05) is 13.2 Å². The molecule has 0 aliphatic carbocycles. The molecule has 4 nitrogen and oxygen atoms in total. The van der Waals surface area contributed by atoms with Crippen LogP contribution < -0.4 is 29.6 Å². The summed E-state index contributed by atoms with van der Waals surface area (Å²) < 4.78 is 38.9.